The number of aromatic hydroxyl groups is 1. The van der Waals surface area contributed by atoms with E-state index >= 15 is 0 Å². The highest BCUT2D eigenvalue weighted by Crippen LogP contribution is 2.31. The number of hydrogen-bond donors (Lipinski definition) is 1. The van der Waals surface area contributed by atoms with Crippen molar-refractivity contribution in [3.8, 4) is 17.2 Å². The lowest BCUT2D eigenvalue weighted by Gasteiger charge is -2.24. The fraction of sp³-hybridized carbons (Fsp3) is 0.194. The molecule has 2 heterocycles. The Morgan fingerprint density at radius 1 is 1.10 bits per heavy atom. The molecule has 0 aliphatic carbocycles. The number of ether oxygens (including phenoxy) is 3. The summed E-state index contributed by atoms with van der Waals surface area (Å²) >= 11 is 1.16. The maximum absolute atomic E-state index is 14.1. The normalized spacial score (nSPS) is 14.8. The summed E-state index contributed by atoms with van der Waals surface area (Å²) in [4.78, 5) is 31.8. The highest BCUT2D eigenvalue weighted by Gasteiger charge is 2.33. The molecule has 5 rings (SSSR count). The van der Waals surface area contributed by atoms with Crippen LogP contribution >= 0.6 is 11.3 Å². The van der Waals surface area contributed by atoms with E-state index in [-0.39, 0.29) is 35.8 Å². The zero-order valence-electron chi connectivity index (χ0n) is 22.9. The van der Waals surface area contributed by atoms with Crippen LogP contribution in [-0.4, -0.2) is 29.4 Å². The maximum atomic E-state index is 14.1. The van der Waals surface area contributed by atoms with Crippen LogP contribution in [0, 0.1) is 11.6 Å². The quantitative estimate of drug-likeness (QED) is 0.305. The van der Waals surface area contributed by atoms with E-state index in [1.165, 1.54) is 29.9 Å². The van der Waals surface area contributed by atoms with Crippen LogP contribution in [0.3, 0.4) is 0 Å². The van der Waals surface area contributed by atoms with Crippen LogP contribution in [0.2, 0.25) is 0 Å². The summed E-state index contributed by atoms with van der Waals surface area (Å²) in [6.45, 7) is 3.47. The smallest absolute Gasteiger partial charge is 0.338 e. The number of phenols is 1. The van der Waals surface area contributed by atoms with Gasteiger partial charge in [-0.3, -0.25) is 9.36 Å². The standard InChI is InChI=1S/C31H26F2N2O6S/c1-4-40-30(38)27-17(2)34-31-35(28(27)19-6-9-22(36)10-7-19)29(37)26(42-31)14-18-5-11-24(39-3)20(13-18)16-41-25-12-8-21(32)15-23(25)33/h5-15,28,36H,4,16H2,1-3H3/b26-14+/t28-/m1/s1. The SMILES string of the molecule is CCOC(=O)C1=C(C)N=c2s/c(=C/c3ccc(OC)c(COc4ccc(F)cc4F)c3)c(=O)n2[C@@H]1c1ccc(O)cc1. The van der Waals surface area contributed by atoms with Crippen LogP contribution in [0.25, 0.3) is 6.08 Å². The van der Waals surface area contributed by atoms with E-state index < -0.39 is 23.6 Å². The lowest BCUT2D eigenvalue weighted by Crippen LogP contribution is -2.39. The van der Waals surface area contributed by atoms with Gasteiger partial charge in [0, 0.05) is 11.6 Å². The zero-order valence-corrected chi connectivity index (χ0v) is 23.7. The van der Waals surface area contributed by atoms with Gasteiger partial charge in [0.1, 0.15) is 23.9 Å². The largest absolute Gasteiger partial charge is 0.508 e. The Hall–Kier alpha value is -4.77. The molecule has 0 saturated heterocycles. The molecule has 0 fully saturated rings. The number of aromatic nitrogens is 1. The number of phenolic OH excluding ortho intramolecular Hbond substituents is 1. The molecule has 1 aliphatic heterocycles. The van der Waals surface area contributed by atoms with Crippen molar-refractivity contribution in [2.75, 3.05) is 13.7 Å². The van der Waals surface area contributed by atoms with E-state index in [9.17, 15) is 23.5 Å². The van der Waals surface area contributed by atoms with Gasteiger partial charge in [0.25, 0.3) is 5.56 Å². The van der Waals surface area contributed by atoms with Gasteiger partial charge in [-0.15, -0.1) is 0 Å². The molecule has 0 spiro atoms. The second-order valence-corrected chi connectivity index (χ2v) is 10.3. The number of carbonyl (C=O) groups excluding carboxylic acids is 1. The lowest BCUT2D eigenvalue weighted by atomic mass is 9.96. The topological polar surface area (TPSA) is 99.4 Å². The number of allylic oxidation sites excluding steroid dienone is 1. The number of benzene rings is 3. The first-order valence-corrected chi connectivity index (χ1v) is 13.7. The second-order valence-electron chi connectivity index (χ2n) is 9.33. The second kappa shape index (κ2) is 12.0. The Labute approximate surface area is 243 Å². The van der Waals surface area contributed by atoms with Crippen molar-refractivity contribution < 1.29 is 32.9 Å². The van der Waals surface area contributed by atoms with E-state index in [2.05, 4.69) is 4.99 Å². The fourth-order valence-electron chi connectivity index (χ4n) is 4.66. The zero-order chi connectivity index (χ0) is 30.0. The molecule has 1 aliphatic rings. The van der Waals surface area contributed by atoms with E-state index in [4.69, 9.17) is 14.2 Å². The average molecular weight is 593 g/mol. The van der Waals surface area contributed by atoms with Crippen molar-refractivity contribution in [1.82, 2.24) is 4.57 Å². The third-order valence-electron chi connectivity index (χ3n) is 6.61. The first-order chi connectivity index (χ1) is 20.2. The summed E-state index contributed by atoms with van der Waals surface area (Å²) in [6, 6.07) is 13.7. The van der Waals surface area contributed by atoms with Crippen LogP contribution in [0.4, 0.5) is 8.78 Å². The minimum atomic E-state index is -0.827. The van der Waals surface area contributed by atoms with Gasteiger partial charge in [-0.2, -0.15) is 0 Å². The number of thiazole rings is 1. The Bertz CT molecular complexity index is 1880. The van der Waals surface area contributed by atoms with Gasteiger partial charge >= 0.3 is 5.97 Å². The number of rotatable bonds is 8. The van der Waals surface area contributed by atoms with Gasteiger partial charge in [0.15, 0.2) is 16.4 Å². The van der Waals surface area contributed by atoms with Crippen LogP contribution in [0.15, 0.2) is 81.7 Å². The molecule has 4 aromatic rings. The summed E-state index contributed by atoms with van der Waals surface area (Å²) in [5, 5.41) is 9.83. The van der Waals surface area contributed by atoms with Crippen molar-refractivity contribution in [1.29, 1.82) is 0 Å². The number of halogens is 2. The Kier molecular flexibility index (Phi) is 8.21. The fourth-order valence-corrected chi connectivity index (χ4v) is 5.71. The molecule has 11 heteroatoms. The van der Waals surface area contributed by atoms with Crippen molar-refractivity contribution in [2.45, 2.75) is 26.5 Å². The molecular formula is C31H26F2N2O6S. The van der Waals surface area contributed by atoms with Gasteiger partial charge in [-0.25, -0.2) is 18.6 Å². The predicted octanol–water partition coefficient (Wildman–Crippen LogP) is 4.37. The molecule has 0 unspecified atom stereocenters. The van der Waals surface area contributed by atoms with Crippen LogP contribution < -0.4 is 24.4 Å². The van der Waals surface area contributed by atoms with E-state index in [1.54, 1.807) is 50.3 Å². The van der Waals surface area contributed by atoms with Gasteiger partial charge in [0.2, 0.25) is 0 Å². The summed E-state index contributed by atoms with van der Waals surface area (Å²) in [5.74, 6) is -1.70. The molecule has 1 atom stereocenters. The first kappa shape index (κ1) is 28.7. The van der Waals surface area contributed by atoms with E-state index in [0.717, 1.165) is 23.5 Å². The lowest BCUT2D eigenvalue weighted by molar-refractivity contribution is -0.139. The molecule has 8 nitrogen and oxygen atoms in total. The maximum Gasteiger partial charge on any atom is 0.338 e. The van der Waals surface area contributed by atoms with Crippen LogP contribution in [0.1, 0.15) is 36.6 Å². The van der Waals surface area contributed by atoms with Crippen molar-refractivity contribution in [3.05, 3.63) is 120 Å². The number of nitrogens with zero attached hydrogens (tertiary/aromatic N) is 2. The Balaban J connectivity index is 1.57. The van der Waals surface area contributed by atoms with Crippen molar-refractivity contribution >= 4 is 23.4 Å². The molecule has 42 heavy (non-hydrogen) atoms. The summed E-state index contributed by atoms with van der Waals surface area (Å²) in [6.07, 6.45) is 1.68. The minimum Gasteiger partial charge on any atom is -0.508 e. The van der Waals surface area contributed by atoms with Gasteiger partial charge in [-0.1, -0.05) is 29.5 Å². The molecule has 3 aromatic carbocycles. The first-order valence-electron chi connectivity index (χ1n) is 12.9. The molecule has 1 N–H and O–H groups in total. The number of esters is 1. The van der Waals surface area contributed by atoms with Gasteiger partial charge in [-0.05, 0) is 67.4 Å². The monoisotopic (exact) mass is 592 g/mol. The number of methoxy groups -OCH3 is 1. The molecule has 1 aromatic heterocycles. The number of carbonyl (C=O) groups is 1. The third-order valence-corrected chi connectivity index (χ3v) is 7.59. The Morgan fingerprint density at radius 2 is 1.83 bits per heavy atom. The van der Waals surface area contributed by atoms with Crippen LogP contribution in [0.5, 0.6) is 17.2 Å². The van der Waals surface area contributed by atoms with Crippen molar-refractivity contribution in [3.63, 3.8) is 0 Å². The molecule has 216 valence electrons. The van der Waals surface area contributed by atoms with Crippen LogP contribution in [-0.2, 0) is 16.1 Å². The van der Waals surface area contributed by atoms with E-state index in [0.29, 0.717) is 37.5 Å². The molecular weight excluding hydrogens is 566 g/mol. The van der Waals surface area contributed by atoms with Gasteiger partial charge < -0.3 is 19.3 Å². The summed E-state index contributed by atoms with van der Waals surface area (Å²) < 4.78 is 45.5. The predicted molar refractivity (Wildman–Crippen MR) is 152 cm³/mol. The third kappa shape index (κ3) is 5.68. The highest BCUT2D eigenvalue weighted by molar-refractivity contribution is 7.07. The highest BCUT2D eigenvalue weighted by atomic mass is 32.1. The number of fused-ring (bicyclic) bond motifs is 1. The van der Waals surface area contributed by atoms with E-state index in [1.807, 2.05) is 0 Å². The molecule has 0 radical (unpaired) electrons. The number of hydrogen-bond acceptors (Lipinski definition) is 8. The minimum absolute atomic E-state index is 0.0472. The Morgan fingerprint density at radius 3 is 2.52 bits per heavy atom. The summed E-state index contributed by atoms with van der Waals surface area (Å²) in [5.41, 5.74) is 2.12. The molecule has 0 bridgehead atoms. The molecule has 0 amide bonds. The van der Waals surface area contributed by atoms with Crippen molar-refractivity contribution in [2.24, 2.45) is 4.99 Å². The van der Waals surface area contributed by atoms with Gasteiger partial charge in [0.05, 0.1) is 35.6 Å². The average Bonchev–Trinajstić information content (AvgIpc) is 3.26. The summed E-state index contributed by atoms with van der Waals surface area (Å²) in [7, 11) is 1.49. The molecule has 0 saturated carbocycles.